The lowest BCUT2D eigenvalue weighted by Gasteiger charge is -2.37. The van der Waals surface area contributed by atoms with Crippen molar-refractivity contribution in [2.45, 2.75) is 13.5 Å². The summed E-state index contributed by atoms with van der Waals surface area (Å²) < 4.78 is 10.1. The normalized spacial score (nSPS) is 14.0. The fourth-order valence-corrected chi connectivity index (χ4v) is 2.78. The summed E-state index contributed by atoms with van der Waals surface area (Å²) in [5.74, 6) is 0.715. The van der Waals surface area contributed by atoms with Crippen molar-refractivity contribution in [1.29, 1.82) is 0 Å². The highest BCUT2D eigenvalue weighted by molar-refractivity contribution is 5.94. The van der Waals surface area contributed by atoms with Crippen LogP contribution in [-0.2, 0) is 11.3 Å². The molecule has 0 aliphatic carbocycles. The Bertz CT molecular complexity index is 959. The quantitative estimate of drug-likeness (QED) is 0.725. The lowest BCUT2D eigenvalue weighted by molar-refractivity contribution is -0.129. The predicted molar refractivity (Wildman–Crippen MR) is 92.2 cm³/mol. The molecule has 1 aliphatic heterocycles. The zero-order chi connectivity index (χ0) is 18.8. The Balaban J connectivity index is 1.26. The first-order valence-electron chi connectivity index (χ1n) is 8.48. The summed E-state index contributed by atoms with van der Waals surface area (Å²) in [5.41, 5.74) is 1.10. The minimum Gasteiger partial charge on any atom is -0.361 e. The van der Waals surface area contributed by atoms with Gasteiger partial charge in [-0.15, -0.1) is 0 Å². The maximum absolute atomic E-state index is 12.2. The molecule has 0 saturated carbocycles. The van der Waals surface area contributed by atoms with E-state index in [2.05, 4.69) is 20.6 Å². The Morgan fingerprint density at radius 2 is 1.96 bits per heavy atom. The summed E-state index contributed by atoms with van der Waals surface area (Å²) in [6.45, 7) is 2.55. The van der Waals surface area contributed by atoms with Gasteiger partial charge < -0.3 is 19.3 Å². The lowest BCUT2D eigenvalue weighted by Crippen LogP contribution is -2.55. The van der Waals surface area contributed by atoms with Gasteiger partial charge in [0.1, 0.15) is 5.76 Å². The summed E-state index contributed by atoms with van der Waals surface area (Å²) in [5, 5.41) is 10.4. The van der Waals surface area contributed by atoms with E-state index < -0.39 is 0 Å². The number of carbonyl (C=O) groups excluding carboxylic acids is 2. The lowest BCUT2D eigenvalue weighted by atomic mass is 9.98. The molecule has 1 aromatic carbocycles. The van der Waals surface area contributed by atoms with Gasteiger partial charge in [-0.1, -0.05) is 40.6 Å². The van der Waals surface area contributed by atoms with Gasteiger partial charge in [0, 0.05) is 24.7 Å². The van der Waals surface area contributed by atoms with Gasteiger partial charge in [-0.3, -0.25) is 9.59 Å². The zero-order valence-electron chi connectivity index (χ0n) is 14.6. The first-order chi connectivity index (χ1) is 13.1. The van der Waals surface area contributed by atoms with Gasteiger partial charge in [-0.25, -0.2) is 0 Å². The Hall–Kier alpha value is -3.49. The van der Waals surface area contributed by atoms with Crippen LogP contribution in [0.4, 0.5) is 0 Å². The molecule has 4 rings (SSSR count). The van der Waals surface area contributed by atoms with Crippen molar-refractivity contribution in [3.63, 3.8) is 0 Å². The second-order valence-electron chi connectivity index (χ2n) is 6.33. The number of aromatic nitrogens is 3. The van der Waals surface area contributed by atoms with Crippen molar-refractivity contribution in [1.82, 2.24) is 25.5 Å². The van der Waals surface area contributed by atoms with Gasteiger partial charge in [0.2, 0.25) is 17.6 Å². The van der Waals surface area contributed by atoms with Gasteiger partial charge in [0.05, 0.1) is 12.5 Å². The van der Waals surface area contributed by atoms with E-state index in [0.29, 0.717) is 30.6 Å². The molecule has 0 unspecified atom stereocenters. The summed E-state index contributed by atoms with van der Waals surface area (Å²) in [4.78, 5) is 30.2. The summed E-state index contributed by atoms with van der Waals surface area (Å²) in [6, 6.07) is 11.0. The molecule has 2 amide bonds. The van der Waals surface area contributed by atoms with E-state index >= 15 is 0 Å². The number of carbonyl (C=O) groups is 2. The molecule has 0 radical (unpaired) electrons. The SMILES string of the molecule is Cc1cc(C(=O)N2CC(C(=O)NCc3nc(-c4ccccc4)no3)C2)no1. The van der Waals surface area contributed by atoms with Crippen molar-refractivity contribution in [3.05, 3.63) is 53.7 Å². The molecule has 0 atom stereocenters. The molecule has 1 saturated heterocycles. The molecule has 3 heterocycles. The smallest absolute Gasteiger partial charge is 0.276 e. The second kappa shape index (κ2) is 7.02. The van der Waals surface area contributed by atoms with E-state index in [-0.39, 0.29) is 30.0 Å². The van der Waals surface area contributed by atoms with E-state index in [1.807, 2.05) is 30.3 Å². The van der Waals surface area contributed by atoms with E-state index in [1.165, 1.54) is 0 Å². The highest BCUT2D eigenvalue weighted by Gasteiger charge is 2.37. The molecule has 9 heteroatoms. The van der Waals surface area contributed by atoms with Crippen LogP contribution >= 0.6 is 0 Å². The molecule has 0 bridgehead atoms. The van der Waals surface area contributed by atoms with Crippen LogP contribution in [0.25, 0.3) is 11.4 Å². The van der Waals surface area contributed by atoms with E-state index in [1.54, 1.807) is 17.9 Å². The fraction of sp³-hybridized carbons (Fsp3) is 0.278. The molecular formula is C18H17N5O4. The maximum atomic E-state index is 12.2. The van der Waals surface area contributed by atoms with E-state index in [0.717, 1.165) is 5.56 Å². The number of nitrogens with zero attached hydrogens (tertiary/aromatic N) is 4. The summed E-state index contributed by atoms with van der Waals surface area (Å²) >= 11 is 0. The number of nitrogens with one attached hydrogen (secondary N) is 1. The van der Waals surface area contributed by atoms with Crippen LogP contribution in [0, 0.1) is 12.8 Å². The Kier molecular flexibility index (Phi) is 4.41. The fourth-order valence-electron chi connectivity index (χ4n) is 2.78. The monoisotopic (exact) mass is 367 g/mol. The number of hydrogen-bond donors (Lipinski definition) is 1. The molecular weight excluding hydrogens is 350 g/mol. The number of benzene rings is 1. The van der Waals surface area contributed by atoms with Gasteiger partial charge >= 0.3 is 0 Å². The van der Waals surface area contributed by atoms with Crippen LogP contribution in [-0.4, -0.2) is 45.1 Å². The standard InChI is InChI=1S/C18H17N5O4/c1-11-7-14(21-26-11)18(25)23-9-13(10-23)17(24)19-8-15-20-16(22-27-15)12-5-3-2-4-6-12/h2-7,13H,8-10H2,1H3,(H,19,24). The van der Waals surface area contributed by atoms with E-state index in [4.69, 9.17) is 9.05 Å². The molecule has 3 aromatic rings. The molecule has 2 aromatic heterocycles. The third-order valence-corrected chi connectivity index (χ3v) is 4.30. The molecule has 1 N–H and O–H groups in total. The predicted octanol–water partition coefficient (Wildman–Crippen LogP) is 1.42. The number of amides is 2. The maximum Gasteiger partial charge on any atom is 0.276 e. The van der Waals surface area contributed by atoms with Gasteiger partial charge in [0.15, 0.2) is 5.69 Å². The third-order valence-electron chi connectivity index (χ3n) is 4.30. The van der Waals surface area contributed by atoms with Gasteiger partial charge in [0.25, 0.3) is 5.91 Å². The van der Waals surface area contributed by atoms with Gasteiger partial charge in [-0.2, -0.15) is 4.98 Å². The Morgan fingerprint density at radius 1 is 1.19 bits per heavy atom. The van der Waals surface area contributed by atoms with Crippen LogP contribution in [0.3, 0.4) is 0 Å². The molecule has 1 fully saturated rings. The van der Waals surface area contributed by atoms with E-state index in [9.17, 15) is 9.59 Å². The number of likely N-dealkylation sites (tertiary alicyclic amines) is 1. The minimum absolute atomic E-state index is 0.144. The average molecular weight is 367 g/mol. The van der Waals surface area contributed by atoms with Crippen molar-refractivity contribution >= 4 is 11.8 Å². The number of rotatable bonds is 5. The first kappa shape index (κ1) is 17.0. The van der Waals surface area contributed by atoms with Crippen molar-refractivity contribution in [2.24, 2.45) is 5.92 Å². The molecule has 138 valence electrons. The Morgan fingerprint density at radius 3 is 2.67 bits per heavy atom. The topological polar surface area (TPSA) is 114 Å². The van der Waals surface area contributed by atoms with Crippen LogP contribution in [0.1, 0.15) is 22.1 Å². The minimum atomic E-state index is -0.265. The van der Waals surface area contributed by atoms with Crippen molar-refractivity contribution in [3.8, 4) is 11.4 Å². The number of hydrogen-bond acceptors (Lipinski definition) is 7. The van der Waals surface area contributed by atoms with Gasteiger partial charge in [-0.05, 0) is 6.92 Å². The van der Waals surface area contributed by atoms with Crippen LogP contribution < -0.4 is 5.32 Å². The molecule has 9 nitrogen and oxygen atoms in total. The molecule has 0 spiro atoms. The van der Waals surface area contributed by atoms with Crippen molar-refractivity contribution < 1.29 is 18.6 Å². The zero-order valence-corrected chi connectivity index (χ0v) is 14.6. The van der Waals surface area contributed by atoms with Crippen molar-refractivity contribution in [2.75, 3.05) is 13.1 Å². The van der Waals surface area contributed by atoms with Crippen LogP contribution in [0.15, 0.2) is 45.4 Å². The largest absolute Gasteiger partial charge is 0.361 e. The molecule has 1 aliphatic rings. The Labute approximate surface area is 154 Å². The third kappa shape index (κ3) is 3.57. The highest BCUT2D eigenvalue weighted by Crippen LogP contribution is 2.19. The summed E-state index contributed by atoms with van der Waals surface area (Å²) in [7, 11) is 0. The first-order valence-corrected chi connectivity index (χ1v) is 8.48. The highest BCUT2D eigenvalue weighted by atomic mass is 16.5. The summed E-state index contributed by atoms with van der Waals surface area (Å²) in [6.07, 6.45) is 0. The van der Waals surface area contributed by atoms with Crippen LogP contribution in [0.5, 0.6) is 0 Å². The second-order valence-corrected chi connectivity index (χ2v) is 6.33. The average Bonchev–Trinajstić information content (AvgIpc) is 3.28. The molecule has 27 heavy (non-hydrogen) atoms. The van der Waals surface area contributed by atoms with Crippen LogP contribution in [0.2, 0.25) is 0 Å². The number of aryl methyl sites for hydroxylation is 1.